The van der Waals surface area contributed by atoms with E-state index >= 15 is 0 Å². The average molecular weight is 269 g/mol. The summed E-state index contributed by atoms with van der Waals surface area (Å²) in [6.45, 7) is 3.32. The molecule has 0 atom stereocenters. The van der Waals surface area contributed by atoms with Gasteiger partial charge in [-0.25, -0.2) is 4.39 Å². The summed E-state index contributed by atoms with van der Waals surface area (Å²) in [6.07, 6.45) is 1.79. The first-order valence-electron chi connectivity index (χ1n) is 5.98. The van der Waals surface area contributed by atoms with Crippen molar-refractivity contribution in [1.82, 2.24) is 0 Å². The number of carbonyl (C=O) groups excluding carboxylic acids is 1. The maximum atomic E-state index is 13.5. The van der Waals surface area contributed by atoms with Crippen molar-refractivity contribution in [1.29, 1.82) is 0 Å². The van der Waals surface area contributed by atoms with Gasteiger partial charge in [-0.1, -0.05) is 0 Å². The van der Waals surface area contributed by atoms with Crippen LogP contribution in [0.15, 0.2) is 12.1 Å². The molecule has 6 heteroatoms. The van der Waals surface area contributed by atoms with E-state index in [2.05, 4.69) is 0 Å². The molecule has 0 amide bonds. The van der Waals surface area contributed by atoms with Crippen LogP contribution in [0.4, 0.5) is 10.1 Å². The van der Waals surface area contributed by atoms with Gasteiger partial charge < -0.3 is 9.53 Å². The van der Waals surface area contributed by atoms with Crippen molar-refractivity contribution in [3.05, 3.63) is 33.6 Å². The summed E-state index contributed by atoms with van der Waals surface area (Å²) in [6, 6.07) is 2.18. The molecule has 1 aromatic carbocycles. The van der Waals surface area contributed by atoms with Crippen LogP contribution < -0.4 is 4.74 Å². The average Bonchev–Trinajstić information content (AvgIpc) is 2.31. The van der Waals surface area contributed by atoms with Crippen molar-refractivity contribution < 1.29 is 18.8 Å². The third-order valence-corrected chi connectivity index (χ3v) is 2.63. The van der Waals surface area contributed by atoms with Crippen LogP contribution in [0.1, 0.15) is 31.7 Å². The lowest BCUT2D eigenvalue weighted by Crippen LogP contribution is -2.02. The fourth-order valence-corrected chi connectivity index (χ4v) is 1.61. The lowest BCUT2D eigenvalue weighted by atomic mass is 10.2. The number of ether oxygens (including phenoxy) is 1. The number of carbonyl (C=O) groups is 1. The molecule has 0 saturated heterocycles. The van der Waals surface area contributed by atoms with E-state index in [0.29, 0.717) is 24.8 Å². The SMILES string of the molecule is CC(=O)CCCCOc1cc(C)c([N+](=O)[O-])cc1F. The van der Waals surface area contributed by atoms with E-state index in [4.69, 9.17) is 4.74 Å². The molecule has 0 heterocycles. The molecule has 0 fully saturated rings. The minimum Gasteiger partial charge on any atom is -0.491 e. The highest BCUT2D eigenvalue weighted by Crippen LogP contribution is 2.27. The summed E-state index contributed by atoms with van der Waals surface area (Å²) in [5.41, 5.74) is 0.0894. The normalized spacial score (nSPS) is 10.3. The Kier molecular flexibility index (Phi) is 5.41. The van der Waals surface area contributed by atoms with E-state index in [1.807, 2.05) is 0 Å². The van der Waals surface area contributed by atoms with E-state index in [-0.39, 0.29) is 23.8 Å². The maximum Gasteiger partial charge on any atom is 0.275 e. The van der Waals surface area contributed by atoms with Crippen LogP contribution in [0.2, 0.25) is 0 Å². The summed E-state index contributed by atoms with van der Waals surface area (Å²) in [5.74, 6) is -0.632. The van der Waals surface area contributed by atoms with E-state index in [0.717, 1.165) is 6.07 Å². The molecule has 1 aromatic rings. The van der Waals surface area contributed by atoms with E-state index < -0.39 is 10.7 Å². The lowest BCUT2D eigenvalue weighted by Gasteiger charge is -2.08. The zero-order valence-corrected chi connectivity index (χ0v) is 10.9. The minimum atomic E-state index is -0.746. The summed E-state index contributed by atoms with van der Waals surface area (Å²) in [7, 11) is 0. The molecule has 0 N–H and O–H groups in total. The number of rotatable bonds is 7. The molecule has 0 spiro atoms. The number of Topliss-reactive ketones (excluding diaryl/α,β-unsaturated/α-hetero) is 1. The lowest BCUT2D eigenvalue weighted by molar-refractivity contribution is -0.385. The monoisotopic (exact) mass is 269 g/mol. The molecular weight excluding hydrogens is 253 g/mol. The molecule has 0 radical (unpaired) electrons. The quantitative estimate of drug-likeness (QED) is 0.433. The van der Waals surface area contributed by atoms with Crippen LogP contribution in [0, 0.1) is 22.9 Å². The molecule has 0 aliphatic heterocycles. The molecule has 0 aliphatic rings. The molecule has 0 aromatic heterocycles. The van der Waals surface area contributed by atoms with Gasteiger partial charge in [-0.15, -0.1) is 0 Å². The van der Waals surface area contributed by atoms with Gasteiger partial charge in [0.05, 0.1) is 17.6 Å². The van der Waals surface area contributed by atoms with Crippen LogP contribution in [-0.2, 0) is 4.79 Å². The van der Waals surface area contributed by atoms with Gasteiger partial charge in [-0.2, -0.15) is 0 Å². The number of nitrogens with zero attached hydrogens (tertiary/aromatic N) is 1. The summed E-state index contributed by atoms with van der Waals surface area (Å²) >= 11 is 0. The molecule has 0 saturated carbocycles. The minimum absolute atomic E-state index is 0.00549. The first-order valence-corrected chi connectivity index (χ1v) is 5.98. The second-order valence-corrected chi connectivity index (χ2v) is 4.33. The Labute approximate surface area is 110 Å². The van der Waals surface area contributed by atoms with Crippen LogP contribution in [0.5, 0.6) is 5.75 Å². The van der Waals surface area contributed by atoms with Crippen molar-refractivity contribution in [2.24, 2.45) is 0 Å². The third kappa shape index (κ3) is 4.65. The second kappa shape index (κ2) is 6.82. The third-order valence-electron chi connectivity index (χ3n) is 2.63. The zero-order valence-electron chi connectivity index (χ0n) is 10.9. The zero-order chi connectivity index (χ0) is 14.4. The van der Waals surface area contributed by atoms with Gasteiger partial charge in [0.15, 0.2) is 11.6 Å². The van der Waals surface area contributed by atoms with Crippen molar-refractivity contribution in [3.63, 3.8) is 0 Å². The highest BCUT2D eigenvalue weighted by molar-refractivity contribution is 5.75. The van der Waals surface area contributed by atoms with Crippen molar-refractivity contribution in [3.8, 4) is 5.75 Å². The Morgan fingerprint density at radius 2 is 2.11 bits per heavy atom. The van der Waals surface area contributed by atoms with Crippen LogP contribution in [0.25, 0.3) is 0 Å². The van der Waals surface area contributed by atoms with Crippen LogP contribution in [-0.4, -0.2) is 17.3 Å². The Hall–Kier alpha value is -1.98. The van der Waals surface area contributed by atoms with Gasteiger partial charge in [0.2, 0.25) is 0 Å². The topological polar surface area (TPSA) is 69.4 Å². The van der Waals surface area contributed by atoms with Crippen LogP contribution >= 0.6 is 0 Å². The predicted molar refractivity (Wildman–Crippen MR) is 67.8 cm³/mol. The molecule has 0 bridgehead atoms. The van der Waals surface area contributed by atoms with E-state index in [9.17, 15) is 19.3 Å². The molecule has 5 nitrogen and oxygen atoms in total. The maximum absolute atomic E-state index is 13.5. The highest BCUT2D eigenvalue weighted by atomic mass is 19.1. The highest BCUT2D eigenvalue weighted by Gasteiger charge is 2.16. The fraction of sp³-hybridized carbons (Fsp3) is 0.462. The number of unbranched alkanes of at least 4 members (excludes halogenated alkanes) is 1. The Morgan fingerprint density at radius 3 is 2.68 bits per heavy atom. The van der Waals surface area contributed by atoms with Gasteiger partial charge in [0.25, 0.3) is 5.69 Å². The summed E-state index contributed by atoms with van der Waals surface area (Å²) in [4.78, 5) is 20.7. The summed E-state index contributed by atoms with van der Waals surface area (Å²) in [5, 5.41) is 10.6. The van der Waals surface area contributed by atoms with Gasteiger partial charge in [0.1, 0.15) is 5.78 Å². The predicted octanol–water partition coefficient (Wildman–Crippen LogP) is 3.18. The Balaban J connectivity index is 2.57. The smallest absolute Gasteiger partial charge is 0.275 e. The first kappa shape index (κ1) is 15.1. The number of aryl methyl sites for hydroxylation is 1. The number of hydrogen-bond acceptors (Lipinski definition) is 4. The summed E-state index contributed by atoms with van der Waals surface area (Å²) < 4.78 is 18.8. The van der Waals surface area contributed by atoms with Gasteiger partial charge >= 0.3 is 0 Å². The molecule has 1 rings (SSSR count). The van der Waals surface area contributed by atoms with Gasteiger partial charge in [0, 0.05) is 12.0 Å². The Bertz CT molecular complexity index is 488. The van der Waals surface area contributed by atoms with Crippen molar-refractivity contribution in [2.45, 2.75) is 33.1 Å². The number of hydrogen-bond donors (Lipinski definition) is 0. The standard InChI is InChI=1S/C13H16FNO4/c1-9-7-13(11(14)8-12(9)15(17)18)19-6-4-3-5-10(2)16/h7-8H,3-6H2,1-2H3. The van der Waals surface area contributed by atoms with Gasteiger partial charge in [-0.05, 0) is 32.8 Å². The first-order chi connectivity index (χ1) is 8.91. The number of nitro benzene ring substituents is 1. The Morgan fingerprint density at radius 1 is 1.42 bits per heavy atom. The largest absolute Gasteiger partial charge is 0.491 e. The molecule has 19 heavy (non-hydrogen) atoms. The van der Waals surface area contributed by atoms with Crippen molar-refractivity contribution >= 4 is 11.5 Å². The number of benzene rings is 1. The van der Waals surface area contributed by atoms with E-state index in [1.54, 1.807) is 0 Å². The number of nitro groups is 1. The van der Waals surface area contributed by atoms with Crippen LogP contribution in [0.3, 0.4) is 0 Å². The number of halogens is 1. The molecule has 0 unspecified atom stereocenters. The van der Waals surface area contributed by atoms with Gasteiger partial charge in [-0.3, -0.25) is 10.1 Å². The second-order valence-electron chi connectivity index (χ2n) is 4.33. The fourth-order valence-electron chi connectivity index (χ4n) is 1.61. The van der Waals surface area contributed by atoms with E-state index in [1.165, 1.54) is 19.9 Å². The number of ketones is 1. The molecular formula is C13H16FNO4. The van der Waals surface area contributed by atoms with Crippen molar-refractivity contribution in [2.75, 3.05) is 6.61 Å². The molecule has 0 aliphatic carbocycles. The molecule has 104 valence electrons.